The van der Waals surface area contributed by atoms with E-state index in [2.05, 4.69) is 30.1 Å². The van der Waals surface area contributed by atoms with Crippen LogP contribution >= 0.6 is 11.6 Å². The van der Waals surface area contributed by atoms with E-state index in [1.54, 1.807) is 6.08 Å². The molecule has 37 heavy (non-hydrogen) atoms. The van der Waals surface area contributed by atoms with Crippen molar-refractivity contribution >= 4 is 45.7 Å². The van der Waals surface area contributed by atoms with Gasteiger partial charge in [-0.05, 0) is 78.7 Å². The molecule has 0 aliphatic rings. The average Bonchev–Trinajstić information content (AvgIpc) is 2.93. The van der Waals surface area contributed by atoms with Crippen molar-refractivity contribution in [3.05, 3.63) is 107 Å². The van der Waals surface area contributed by atoms with Gasteiger partial charge in [0.1, 0.15) is 24.0 Å². The Morgan fingerprint density at radius 2 is 1.68 bits per heavy atom. The first-order valence-corrected chi connectivity index (χ1v) is 12.6. The second kappa shape index (κ2) is 12.1. The predicted molar refractivity (Wildman–Crippen MR) is 152 cm³/mol. The van der Waals surface area contributed by atoms with Gasteiger partial charge >= 0.3 is 0 Å². The summed E-state index contributed by atoms with van der Waals surface area (Å²) >= 11 is 6.00. The van der Waals surface area contributed by atoms with Crippen molar-refractivity contribution in [2.45, 2.75) is 20.5 Å². The summed E-state index contributed by atoms with van der Waals surface area (Å²) in [6.45, 7) is 6.32. The summed E-state index contributed by atoms with van der Waals surface area (Å²) in [6.07, 6.45) is 1.60. The second-order valence-corrected chi connectivity index (χ2v) is 8.89. The van der Waals surface area contributed by atoms with Crippen LogP contribution in [0.4, 0.5) is 11.4 Å². The molecule has 4 rings (SSSR count). The lowest BCUT2D eigenvalue weighted by Gasteiger charge is -2.21. The van der Waals surface area contributed by atoms with Crippen LogP contribution < -0.4 is 15.0 Å². The Labute approximate surface area is 222 Å². The van der Waals surface area contributed by atoms with Crippen molar-refractivity contribution in [2.24, 2.45) is 0 Å². The van der Waals surface area contributed by atoms with Gasteiger partial charge in [0.25, 0.3) is 5.91 Å². The highest BCUT2D eigenvalue weighted by Crippen LogP contribution is 2.31. The minimum atomic E-state index is -0.477. The molecule has 1 N–H and O–H groups in total. The number of nitrogens with zero attached hydrogens (tertiary/aromatic N) is 2. The molecule has 6 heteroatoms. The van der Waals surface area contributed by atoms with E-state index in [0.717, 1.165) is 35.1 Å². The Morgan fingerprint density at radius 1 is 0.973 bits per heavy atom. The minimum Gasteiger partial charge on any atom is -0.488 e. The second-order valence-electron chi connectivity index (χ2n) is 8.46. The van der Waals surface area contributed by atoms with Crippen LogP contribution in [0.5, 0.6) is 5.75 Å². The highest BCUT2D eigenvalue weighted by atomic mass is 35.5. The number of anilines is 2. The van der Waals surface area contributed by atoms with Gasteiger partial charge in [0.15, 0.2) is 0 Å². The Balaban J connectivity index is 1.62. The lowest BCUT2D eigenvalue weighted by atomic mass is 10.0. The zero-order chi connectivity index (χ0) is 26.2. The average molecular weight is 510 g/mol. The fourth-order valence-corrected chi connectivity index (χ4v) is 4.25. The topological polar surface area (TPSA) is 65.4 Å². The summed E-state index contributed by atoms with van der Waals surface area (Å²) in [7, 11) is 0. The molecule has 4 aromatic carbocycles. The van der Waals surface area contributed by atoms with Crippen molar-refractivity contribution in [2.75, 3.05) is 23.3 Å². The third kappa shape index (κ3) is 6.30. The normalized spacial score (nSPS) is 11.1. The summed E-state index contributed by atoms with van der Waals surface area (Å²) in [5.74, 6) is 0.104. The molecule has 1 amide bonds. The number of ether oxygens (including phenoxy) is 1. The van der Waals surface area contributed by atoms with Gasteiger partial charge in [-0.1, -0.05) is 54.1 Å². The number of benzene rings is 4. The first kappa shape index (κ1) is 25.8. The number of nitriles is 1. The maximum Gasteiger partial charge on any atom is 0.266 e. The molecular weight excluding hydrogens is 482 g/mol. The monoisotopic (exact) mass is 509 g/mol. The molecule has 0 atom stereocenters. The van der Waals surface area contributed by atoms with Gasteiger partial charge in [-0.15, -0.1) is 0 Å². The highest BCUT2D eigenvalue weighted by molar-refractivity contribution is 6.30. The largest absolute Gasteiger partial charge is 0.488 e. The molecular formula is C31H28ClN3O2. The van der Waals surface area contributed by atoms with Crippen LogP contribution in [0, 0.1) is 11.3 Å². The molecule has 0 radical (unpaired) electrons. The standard InChI is InChI=1S/C31H28ClN3O2/c1-3-35(4-2)27-16-14-26(15-17-27)34-31(36)24(20-33)19-29-28-8-6-5-7-23(28)11-18-30(29)37-21-22-9-12-25(32)13-10-22/h5-19H,3-4,21H2,1-2H3,(H,34,36)/b24-19-. The van der Waals surface area contributed by atoms with E-state index in [1.807, 2.05) is 84.9 Å². The number of hydrogen-bond donors (Lipinski definition) is 1. The van der Waals surface area contributed by atoms with Crippen molar-refractivity contribution in [3.8, 4) is 11.8 Å². The molecule has 186 valence electrons. The quantitative estimate of drug-likeness (QED) is 0.188. The SMILES string of the molecule is CCN(CC)c1ccc(NC(=O)/C(C#N)=C\c2c(OCc3ccc(Cl)cc3)ccc3ccccc23)cc1. The van der Waals surface area contributed by atoms with Crippen molar-refractivity contribution in [3.63, 3.8) is 0 Å². The van der Waals surface area contributed by atoms with Crippen LogP contribution in [-0.2, 0) is 11.4 Å². The Kier molecular flexibility index (Phi) is 8.45. The number of rotatable bonds is 9. The van der Waals surface area contributed by atoms with Crippen LogP contribution in [0.15, 0.2) is 90.5 Å². The highest BCUT2D eigenvalue weighted by Gasteiger charge is 2.14. The number of carbonyl (C=O) groups excluding carboxylic acids is 1. The van der Waals surface area contributed by atoms with E-state index >= 15 is 0 Å². The van der Waals surface area contributed by atoms with Crippen molar-refractivity contribution < 1.29 is 9.53 Å². The van der Waals surface area contributed by atoms with E-state index < -0.39 is 5.91 Å². The maximum absolute atomic E-state index is 13.1. The smallest absolute Gasteiger partial charge is 0.266 e. The summed E-state index contributed by atoms with van der Waals surface area (Å²) < 4.78 is 6.14. The Morgan fingerprint density at radius 3 is 2.35 bits per heavy atom. The number of amides is 1. The van der Waals surface area contributed by atoms with Gasteiger partial charge in [0.2, 0.25) is 0 Å². The van der Waals surface area contributed by atoms with Gasteiger partial charge in [-0.25, -0.2) is 0 Å². The molecule has 0 saturated carbocycles. The molecule has 0 saturated heterocycles. The molecule has 0 aromatic heterocycles. The van der Waals surface area contributed by atoms with E-state index in [0.29, 0.717) is 28.6 Å². The van der Waals surface area contributed by atoms with E-state index in [-0.39, 0.29) is 5.57 Å². The van der Waals surface area contributed by atoms with Crippen LogP contribution in [0.25, 0.3) is 16.8 Å². The first-order chi connectivity index (χ1) is 18.0. The number of hydrogen-bond acceptors (Lipinski definition) is 4. The van der Waals surface area contributed by atoms with Crippen LogP contribution in [-0.4, -0.2) is 19.0 Å². The molecule has 0 aliphatic carbocycles. The number of nitrogens with one attached hydrogen (secondary N) is 1. The van der Waals surface area contributed by atoms with Gasteiger partial charge in [-0.2, -0.15) is 5.26 Å². The lowest BCUT2D eigenvalue weighted by Crippen LogP contribution is -2.21. The summed E-state index contributed by atoms with van der Waals surface area (Å²) in [6, 6.07) is 28.8. The zero-order valence-electron chi connectivity index (χ0n) is 20.9. The van der Waals surface area contributed by atoms with Gasteiger partial charge < -0.3 is 15.0 Å². The van der Waals surface area contributed by atoms with E-state index in [9.17, 15) is 10.1 Å². The Bertz CT molecular complexity index is 1450. The first-order valence-electron chi connectivity index (χ1n) is 12.2. The minimum absolute atomic E-state index is 0.0134. The third-order valence-electron chi connectivity index (χ3n) is 6.15. The fourth-order valence-electron chi connectivity index (χ4n) is 4.13. The third-order valence-corrected chi connectivity index (χ3v) is 6.40. The zero-order valence-corrected chi connectivity index (χ0v) is 21.6. The molecule has 0 fully saturated rings. The Hall–Kier alpha value is -4.27. The van der Waals surface area contributed by atoms with Crippen LogP contribution in [0.1, 0.15) is 25.0 Å². The van der Waals surface area contributed by atoms with Gasteiger partial charge in [0, 0.05) is 35.1 Å². The molecule has 0 bridgehead atoms. The van der Waals surface area contributed by atoms with E-state index in [4.69, 9.17) is 16.3 Å². The molecule has 5 nitrogen and oxygen atoms in total. The van der Waals surface area contributed by atoms with Gasteiger partial charge in [0.05, 0.1) is 0 Å². The predicted octanol–water partition coefficient (Wildman–Crippen LogP) is 7.46. The molecule has 0 aliphatic heterocycles. The summed E-state index contributed by atoms with van der Waals surface area (Å²) in [4.78, 5) is 15.3. The number of carbonyl (C=O) groups is 1. The molecule has 0 spiro atoms. The number of fused-ring (bicyclic) bond motifs is 1. The lowest BCUT2D eigenvalue weighted by molar-refractivity contribution is -0.112. The molecule has 0 unspecified atom stereocenters. The van der Waals surface area contributed by atoms with Gasteiger partial charge in [-0.3, -0.25) is 4.79 Å². The van der Waals surface area contributed by atoms with Crippen molar-refractivity contribution in [1.82, 2.24) is 0 Å². The van der Waals surface area contributed by atoms with E-state index in [1.165, 1.54) is 0 Å². The molecule has 4 aromatic rings. The molecule has 0 heterocycles. The van der Waals surface area contributed by atoms with Crippen molar-refractivity contribution in [1.29, 1.82) is 5.26 Å². The van der Waals surface area contributed by atoms with Crippen LogP contribution in [0.3, 0.4) is 0 Å². The summed E-state index contributed by atoms with van der Waals surface area (Å²) in [5, 5.41) is 15.2. The summed E-state index contributed by atoms with van der Waals surface area (Å²) in [5.41, 5.74) is 3.33. The van der Waals surface area contributed by atoms with Crippen LogP contribution in [0.2, 0.25) is 5.02 Å². The number of halogens is 1. The fraction of sp³-hybridized carbons (Fsp3) is 0.161. The maximum atomic E-state index is 13.1.